The fraction of sp³-hybridized carbons (Fsp3) is 0.500. The van der Waals surface area contributed by atoms with Crippen LogP contribution in [0.5, 0.6) is 0 Å². The van der Waals surface area contributed by atoms with Crippen LogP contribution < -0.4 is 5.56 Å². The molecule has 6 nitrogen and oxygen atoms in total. The van der Waals surface area contributed by atoms with Gasteiger partial charge >= 0.3 is 0 Å². The Hall–Kier alpha value is -2.21. The van der Waals surface area contributed by atoms with Crippen LogP contribution >= 0.6 is 0 Å². The Bertz CT molecular complexity index is 794. The molecule has 0 N–H and O–H groups in total. The van der Waals surface area contributed by atoms with Gasteiger partial charge in [0.2, 0.25) is 5.91 Å². The third-order valence-electron chi connectivity index (χ3n) is 4.49. The van der Waals surface area contributed by atoms with Crippen molar-refractivity contribution in [2.75, 3.05) is 20.2 Å². The summed E-state index contributed by atoms with van der Waals surface area (Å²) in [6.07, 6.45) is 3.31. The maximum atomic E-state index is 12.6. The Morgan fingerprint density at radius 1 is 1.38 bits per heavy atom. The normalized spacial score (nSPS) is 17.8. The van der Waals surface area contributed by atoms with Crippen molar-refractivity contribution in [3.05, 3.63) is 40.3 Å². The number of likely N-dealkylation sites (N-methyl/N-ethyl adjacent to an activating group) is 1. The van der Waals surface area contributed by atoms with Crippen LogP contribution in [0.4, 0.5) is 0 Å². The minimum absolute atomic E-state index is 0.0198. The zero-order valence-electron chi connectivity index (χ0n) is 14.2. The Kier molecular flexibility index (Phi) is 4.94. The molecule has 0 aliphatic carbocycles. The Morgan fingerprint density at radius 3 is 2.92 bits per heavy atom. The van der Waals surface area contributed by atoms with Gasteiger partial charge in [0.15, 0.2) is 0 Å². The van der Waals surface area contributed by atoms with Crippen molar-refractivity contribution in [3.8, 4) is 0 Å². The third kappa shape index (κ3) is 3.48. The largest absolute Gasteiger partial charge is 0.376 e. The fourth-order valence-electron chi connectivity index (χ4n) is 3.09. The van der Waals surface area contributed by atoms with Gasteiger partial charge in [-0.3, -0.25) is 14.2 Å². The van der Waals surface area contributed by atoms with Crippen LogP contribution in [-0.4, -0.2) is 46.7 Å². The van der Waals surface area contributed by atoms with Gasteiger partial charge in [0, 0.05) is 20.2 Å². The number of carbonyl (C=O) groups is 1. The number of hydrogen-bond donors (Lipinski definition) is 0. The van der Waals surface area contributed by atoms with E-state index in [-0.39, 0.29) is 24.1 Å². The molecule has 1 aromatic carbocycles. The van der Waals surface area contributed by atoms with Crippen molar-refractivity contribution >= 4 is 16.9 Å². The Balaban J connectivity index is 1.80. The van der Waals surface area contributed by atoms with Gasteiger partial charge in [-0.15, -0.1) is 0 Å². The SMILES string of the molecule is Cc1nc2ccccc2n(CC(=O)N(C)CC2CCCCO2)c1=O. The molecule has 3 rings (SSSR count). The summed E-state index contributed by atoms with van der Waals surface area (Å²) in [6, 6.07) is 7.39. The number of rotatable bonds is 4. The molecule has 0 spiro atoms. The van der Waals surface area contributed by atoms with Crippen molar-refractivity contribution in [2.45, 2.75) is 38.8 Å². The summed E-state index contributed by atoms with van der Waals surface area (Å²) >= 11 is 0. The molecule has 2 aromatic rings. The summed E-state index contributed by atoms with van der Waals surface area (Å²) in [5.74, 6) is -0.0953. The fourth-order valence-corrected chi connectivity index (χ4v) is 3.09. The zero-order valence-corrected chi connectivity index (χ0v) is 14.2. The number of nitrogens with zero attached hydrogens (tertiary/aromatic N) is 3. The lowest BCUT2D eigenvalue weighted by atomic mass is 10.1. The van der Waals surface area contributed by atoms with Crippen LogP contribution in [-0.2, 0) is 16.1 Å². The van der Waals surface area contributed by atoms with E-state index in [0.717, 1.165) is 31.4 Å². The Labute approximate surface area is 141 Å². The molecule has 0 saturated carbocycles. The molecule has 1 amide bonds. The first-order valence-corrected chi connectivity index (χ1v) is 8.38. The number of amides is 1. The van der Waals surface area contributed by atoms with E-state index in [9.17, 15) is 9.59 Å². The highest BCUT2D eigenvalue weighted by Crippen LogP contribution is 2.14. The molecule has 24 heavy (non-hydrogen) atoms. The van der Waals surface area contributed by atoms with Gasteiger partial charge in [0.25, 0.3) is 5.56 Å². The van der Waals surface area contributed by atoms with Crippen molar-refractivity contribution in [1.82, 2.24) is 14.5 Å². The summed E-state index contributed by atoms with van der Waals surface area (Å²) in [5, 5.41) is 0. The molecule has 0 radical (unpaired) electrons. The molecule has 2 heterocycles. The molecule has 1 aromatic heterocycles. The van der Waals surface area contributed by atoms with Crippen LogP contribution in [0.2, 0.25) is 0 Å². The zero-order chi connectivity index (χ0) is 17.1. The molecule has 0 bridgehead atoms. The molecule has 6 heteroatoms. The summed E-state index contributed by atoms with van der Waals surface area (Å²) in [4.78, 5) is 31.0. The molecule has 1 aliphatic rings. The highest BCUT2D eigenvalue weighted by atomic mass is 16.5. The van der Waals surface area contributed by atoms with E-state index in [4.69, 9.17) is 4.74 Å². The van der Waals surface area contributed by atoms with Crippen LogP contribution in [0.1, 0.15) is 25.0 Å². The number of fused-ring (bicyclic) bond motifs is 1. The molecule has 1 saturated heterocycles. The number of aromatic nitrogens is 2. The van der Waals surface area contributed by atoms with Gasteiger partial charge in [-0.05, 0) is 38.3 Å². The predicted molar refractivity (Wildman–Crippen MR) is 92.0 cm³/mol. The lowest BCUT2D eigenvalue weighted by Crippen LogP contribution is -2.40. The van der Waals surface area contributed by atoms with E-state index in [1.54, 1.807) is 18.9 Å². The second kappa shape index (κ2) is 7.13. The molecule has 1 fully saturated rings. The molecule has 128 valence electrons. The smallest absolute Gasteiger partial charge is 0.272 e. The molecule has 1 atom stereocenters. The summed E-state index contributed by atoms with van der Waals surface area (Å²) in [7, 11) is 1.77. The van der Waals surface area contributed by atoms with E-state index in [1.807, 2.05) is 24.3 Å². The quantitative estimate of drug-likeness (QED) is 0.857. The van der Waals surface area contributed by atoms with Gasteiger partial charge < -0.3 is 9.64 Å². The van der Waals surface area contributed by atoms with E-state index in [2.05, 4.69) is 4.98 Å². The van der Waals surface area contributed by atoms with E-state index >= 15 is 0 Å². The molecular weight excluding hydrogens is 306 g/mol. The lowest BCUT2D eigenvalue weighted by molar-refractivity contribution is -0.132. The number of benzene rings is 1. The van der Waals surface area contributed by atoms with Gasteiger partial charge in [0.1, 0.15) is 12.2 Å². The summed E-state index contributed by atoms with van der Waals surface area (Å²) in [6.45, 7) is 3.02. The monoisotopic (exact) mass is 329 g/mol. The number of ether oxygens (including phenoxy) is 1. The highest BCUT2D eigenvalue weighted by Gasteiger charge is 2.20. The first-order chi connectivity index (χ1) is 11.6. The average molecular weight is 329 g/mol. The second-order valence-corrected chi connectivity index (χ2v) is 6.34. The van der Waals surface area contributed by atoms with E-state index in [0.29, 0.717) is 17.8 Å². The first kappa shape index (κ1) is 16.6. The standard InChI is InChI=1S/C18H23N3O3/c1-13-18(23)21(16-9-4-3-8-15(16)19-13)12-17(22)20(2)11-14-7-5-6-10-24-14/h3-4,8-9,14H,5-7,10-12H2,1-2H3. The van der Waals surface area contributed by atoms with Crippen LogP contribution in [0, 0.1) is 6.92 Å². The van der Waals surface area contributed by atoms with Gasteiger partial charge in [-0.2, -0.15) is 0 Å². The van der Waals surface area contributed by atoms with E-state index < -0.39 is 0 Å². The predicted octanol–water partition coefficient (Wildman–Crippen LogP) is 1.73. The number of para-hydroxylation sites is 2. The van der Waals surface area contributed by atoms with Crippen molar-refractivity contribution in [3.63, 3.8) is 0 Å². The number of hydrogen-bond acceptors (Lipinski definition) is 4. The second-order valence-electron chi connectivity index (χ2n) is 6.34. The molecule has 1 aliphatic heterocycles. The molecule has 1 unspecified atom stereocenters. The lowest BCUT2D eigenvalue weighted by Gasteiger charge is -2.27. The van der Waals surface area contributed by atoms with E-state index in [1.165, 1.54) is 4.57 Å². The van der Waals surface area contributed by atoms with Crippen LogP contribution in [0.15, 0.2) is 29.1 Å². The van der Waals surface area contributed by atoms with Crippen molar-refractivity contribution in [2.24, 2.45) is 0 Å². The highest BCUT2D eigenvalue weighted by molar-refractivity contribution is 5.80. The minimum atomic E-state index is -0.218. The Morgan fingerprint density at radius 2 is 2.17 bits per heavy atom. The van der Waals surface area contributed by atoms with Crippen molar-refractivity contribution in [1.29, 1.82) is 0 Å². The van der Waals surface area contributed by atoms with Gasteiger partial charge in [-0.25, -0.2) is 4.98 Å². The summed E-state index contributed by atoms with van der Waals surface area (Å²) in [5.41, 5.74) is 1.59. The number of aryl methyl sites for hydroxylation is 1. The third-order valence-corrected chi connectivity index (χ3v) is 4.49. The van der Waals surface area contributed by atoms with Crippen molar-refractivity contribution < 1.29 is 9.53 Å². The average Bonchev–Trinajstić information content (AvgIpc) is 2.59. The topological polar surface area (TPSA) is 64.4 Å². The number of carbonyl (C=O) groups excluding carboxylic acids is 1. The van der Waals surface area contributed by atoms with Gasteiger partial charge in [0.05, 0.1) is 17.1 Å². The van der Waals surface area contributed by atoms with Gasteiger partial charge in [-0.1, -0.05) is 12.1 Å². The summed E-state index contributed by atoms with van der Waals surface area (Å²) < 4.78 is 7.20. The van der Waals surface area contributed by atoms with Crippen LogP contribution in [0.3, 0.4) is 0 Å². The maximum absolute atomic E-state index is 12.6. The first-order valence-electron chi connectivity index (χ1n) is 8.38. The minimum Gasteiger partial charge on any atom is -0.376 e. The van der Waals surface area contributed by atoms with Crippen LogP contribution in [0.25, 0.3) is 11.0 Å². The molecular formula is C18H23N3O3. The maximum Gasteiger partial charge on any atom is 0.272 e.